The smallest absolute Gasteiger partial charge is 0.230 e. The second-order valence-corrected chi connectivity index (χ2v) is 5.65. The molecule has 1 aromatic carbocycles. The minimum absolute atomic E-state index is 0.199. The van der Waals surface area contributed by atoms with Crippen LogP contribution in [0.15, 0.2) is 18.2 Å². The van der Waals surface area contributed by atoms with E-state index in [1.165, 1.54) is 0 Å². The number of carbonyl (C=O) groups excluding carboxylic acids is 1. The van der Waals surface area contributed by atoms with Gasteiger partial charge in [0.25, 0.3) is 0 Å². The number of hydrogen-bond donors (Lipinski definition) is 1. The van der Waals surface area contributed by atoms with Gasteiger partial charge >= 0.3 is 0 Å². The van der Waals surface area contributed by atoms with Crippen molar-refractivity contribution in [2.24, 2.45) is 5.92 Å². The average Bonchev–Trinajstić information content (AvgIpc) is 2.98. The van der Waals surface area contributed by atoms with Crippen LogP contribution in [0.25, 0.3) is 0 Å². The van der Waals surface area contributed by atoms with Crippen LogP contribution in [0.3, 0.4) is 0 Å². The number of anilines is 1. The Kier molecular flexibility index (Phi) is 3.59. The van der Waals surface area contributed by atoms with E-state index in [4.69, 9.17) is 32.7 Å². The number of rotatable bonds is 4. The molecule has 0 spiro atoms. The first-order valence-corrected chi connectivity index (χ1v) is 6.13. The van der Waals surface area contributed by atoms with Crippen molar-refractivity contribution in [1.29, 1.82) is 0 Å². The van der Waals surface area contributed by atoms with Crippen LogP contribution < -0.4 is 14.8 Å². The van der Waals surface area contributed by atoms with E-state index >= 15 is 0 Å². The second-order valence-electron chi connectivity index (χ2n) is 4.11. The highest BCUT2D eigenvalue weighted by molar-refractivity contribution is 6.52. The van der Waals surface area contributed by atoms with E-state index in [2.05, 4.69) is 5.32 Å². The number of methoxy groups -OCH3 is 2. The first-order valence-electron chi connectivity index (χ1n) is 5.38. The maximum absolute atomic E-state index is 11.8. The Hall–Kier alpha value is -1.13. The molecule has 6 heteroatoms. The lowest BCUT2D eigenvalue weighted by atomic mass is 10.2. The molecule has 18 heavy (non-hydrogen) atoms. The second kappa shape index (κ2) is 4.86. The molecule has 4 nitrogen and oxygen atoms in total. The fraction of sp³-hybridized carbons (Fsp3) is 0.417. The van der Waals surface area contributed by atoms with E-state index in [-0.39, 0.29) is 11.8 Å². The van der Waals surface area contributed by atoms with E-state index < -0.39 is 4.33 Å². The number of nitrogens with one attached hydrogen (secondary N) is 1. The molecule has 1 aromatic rings. The number of alkyl halides is 2. The molecular formula is C12H13Cl2NO3. The van der Waals surface area contributed by atoms with E-state index in [0.29, 0.717) is 23.6 Å². The third-order valence-electron chi connectivity index (χ3n) is 2.76. The maximum Gasteiger partial charge on any atom is 0.230 e. The van der Waals surface area contributed by atoms with Gasteiger partial charge in [0.2, 0.25) is 5.91 Å². The van der Waals surface area contributed by atoms with Gasteiger partial charge in [0, 0.05) is 23.9 Å². The Morgan fingerprint density at radius 3 is 2.17 bits per heavy atom. The van der Waals surface area contributed by atoms with Gasteiger partial charge in [-0.2, -0.15) is 0 Å². The molecule has 0 saturated heterocycles. The zero-order valence-electron chi connectivity index (χ0n) is 10.00. The summed E-state index contributed by atoms with van der Waals surface area (Å²) in [6, 6.07) is 5.13. The van der Waals surface area contributed by atoms with Crippen LogP contribution in [0, 0.1) is 5.92 Å². The van der Waals surface area contributed by atoms with Crippen LogP contribution >= 0.6 is 23.2 Å². The predicted molar refractivity (Wildman–Crippen MR) is 70.7 cm³/mol. The molecule has 1 atom stereocenters. The zero-order chi connectivity index (χ0) is 13.3. The number of hydrogen-bond acceptors (Lipinski definition) is 3. The highest BCUT2D eigenvalue weighted by Crippen LogP contribution is 2.53. The number of benzene rings is 1. The summed E-state index contributed by atoms with van der Waals surface area (Å²) in [5.74, 6) is 0.639. The van der Waals surface area contributed by atoms with Gasteiger partial charge in [0.1, 0.15) is 15.8 Å². The van der Waals surface area contributed by atoms with Crippen LogP contribution in [0.2, 0.25) is 0 Å². The summed E-state index contributed by atoms with van der Waals surface area (Å²) >= 11 is 11.7. The molecule has 1 aliphatic carbocycles. The largest absolute Gasteiger partial charge is 0.497 e. The Bertz CT molecular complexity index is 454. The first-order chi connectivity index (χ1) is 8.46. The zero-order valence-corrected chi connectivity index (χ0v) is 11.5. The van der Waals surface area contributed by atoms with Gasteiger partial charge in [-0.3, -0.25) is 4.79 Å². The summed E-state index contributed by atoms with van der Waals surface area (Å²) in [5, 5.41) is 2.74. The lowest BCUT2D eigenvalue weighted by Crippen LogP contribution is -2.16. The lowest BCUT2D eigenvalue weighted by molar-refractivity contribution is -0.117. The summed E-state index contributed by atoms with van der Waals surface area (Å²) in [6.07, 6.45) is 0.475. The maximum atomic E-state index is 11.8. The third kappa shape index (κ3) is 2.82. The van der Waals surface area contributed by atoms with Crippen LogP contribution in [0.1, 0.15) is 6.42 Å². The first kappa shape index (κ1) is 13.3. The summed E-state index contributed by atoms with van der Waals surface area (Å²) in [6.45, 7) is 0. The molecule has 0 aliphatic heterocycles. The molecule has 0 bridgehead atoms. The Morgan fingerprint density at radius 2 is 1.78 bits per heavy atom. The minimum Gasteiger partial charge on any atom is -0.497 e. The SMILES string of the molecule is COc1cc(NC(=O)[C@H]2CC2(Cl)Cl)cc(OC)c1. The molecule has 1 N–H and O–H groups in total. The lowest BCUT2D eigenvalue weighted by Gasteiger charge is -2.09. The van der Waals surface area contributed by atoms with Crippen molar-refractivity contribution in [2.75, 3.05) is 19.5 Å². The summed E-state index contributed by atoms with van der Waals surface area (Å²) < 4.78 is 9.30. The van der Waals surface area contributed by atoms with Gasteiger partial charge in [0.15, 0.2) is 0 Å². The number of carbonyl (C=O) groups is 1. The number of ether oxygens (including phenoxy) is 2. The Balaban J connectivity index is 2.11. The van der Waals surface area contributed by atoms with Crippen LogP contribution in [-0.2, 0) is 4.79 Å². The molecule has 0 aromatic heterocycles. The van der Waals surface area contributed by atoms with Crippen LogP contribution in [0.5, 0.6) is 11.5 Å². The molecular weight excluding hydrogens is 277 g/mol. The normalized spacial score (nSPS) is 20.1. The van der Waals surface area contributed by atoms with E-state index in [9.17, 15) is 4.79 Å². The van der Waals surface area contributed by atoms with Gasteiger partial charge in [-0.1, -0.05) is 0 Å². The van der Waals surface area contributed by atoms with Gasteiger partial charge < -0.3 is 14.8 Å². The standard InChI is InChI=1S/C12H13Cl2NO3/c1-17-8-3-7(4-9(5-8)18-2)15-11(16)10-6-12(10,13)14/h3-5,10H,6H2,1-2H3,(H,15,16)/t10-/m1/s1. The van der Waals surface area contributed by atoms with Gasteiger partial charge in [-0.15, -0.1) is 23.2 Å². The van der Waals surface area contributed by atoms with Gasteiger partial charge in [0.05, 0.1) is 20.1 Å². The molecule has 0 unspecified atom stereocenters. The molecule has 1 amide bonds. The topological polar surface area (TPSA) is 47.6 Å². The molecule has 0 radical (unpaired) electrons. The van der Waals surface area contributed by atoms with E-state index in [1.807, 2.05) is 0 Å². The molecule has 1 saturated carbocycles. The van der Waals surface area contributed by atoms with Crippen molar-refractivity contribution in [3.8, 4) is 11.5 Å². The highest BCUT2D eigenvalue weighted by Gasteiger charge is 2.56. The Labute approximate surface area is 115 Å². The van der Waals surface area contributed by atoms with Crippen LogP contribution in [0.4, 0.5) is 5.69 Å². The molecule has 0 heterocycles. The van der Waals surface area contributed by atoms with Crippen molar-refractivity contribution < 1.29 is 14.3 Å². The quantitative estimate of drug-likeness (QED) is 0.867. The monoisotopic (exact) mass is 289 g/mol. The van der Waals surface area contributed by atoms with Crippen molar-refractivity contribution >= 4 is 34.8 Å². The van der Waals surface area contributed by atoms with E-state index in [0.717, 1.165) is 0 Å². The highest BCUT2D eigenvalue weighted by atomic mass is 35.5. The average molecular weight is 290 g/mol. The summed E-state index contributed by atoms with van der Waals surface area (Å²) in [7, 11) is 3.09. The fourth-order valence-electron chi connectivity index (χ4n) is 1.61. The van der Waals surface area contributed by atoms with Gasteiger partial charge in [-0.25, -0.2) is 0 Å². The molecule has 98 valence electrons. The molecule has 2 rings (SSSR count). The number of amides is 1. The fourth-order valence-corrected chi connectivity index (χ4v) is 2.11. The van der Waals surface area contributed by atoms with E-state index in [1.54, 1.807) is 32.4 Å². The van der Waals surface area contributed by atoms with Crippen molar-refractivity contribution in [1.82, 2.24) is 0 Å². The van der Waals surface area contributed by atoms with Crippen LogP contribution in [-0.4, -0.2) is 24.5 Å². The van der Waals surface area contributed by atoms with Gasteiger partial charge in [-0.05, 0) is 6.42 Å². The van der Waals surface area contributed by atoms with Crippen molar-refractivity contribution in [3.63, 3.8) is 0 Å². The molecule has 1 fully saturated rings. The number of halogens is 2. The predicted octanol–water partition coefficient (Wildman–Crippen LogP) is 2.84. The van der Waals surface area contributed by atoms with Crippen molar-refractivity contribution in [2.45, 2.75) is 10.8 Å². The molecule has 1 aliphatic rings. The summed E-state index contributed by atoms with van der Waals surface area (Å²) in [5.41, 5.74) is 0.590. The third-order valence-corrected chi connectivity index (χ3v) is 3.60. The Morgan fingerprint density at radius 1 is 1.28 bits per heavy atom. The van der Waals surface area contributed by atoms with Crippen molar-refractivity contribution in [3.05, 3.63) is 18.2 Å². The summed E-state index contributed by atoms with van der Waals surface area (Å²) in [4.78, 5) is 11.8. The minimum atomic E-state index is -0.924.